The van der Waals surface area contributed by atoms with Gasteiger partial charge in [-0.2, -0.15) is 0 Å². The first-order valence-electron chi connectivity index (χ1n) is 4.51. The molecule has 17 heavy (non-hydrogen) atoms. The van der Waals surface area contributed by atoms with Gasteiger partial charge in [0.2, 0.25) is 0 Å². The van der Waals surface area contributed by atoms with Crippen molar-refractivity contribution in [2.45, 2.75) is 4.83 Å². The molecule has 0 N–H and O–H groups in total. The van der Waals surface area contributed by atoms with Crippen molar-refractivity contribution in [3.05, 3.63) is 54.6 Å². The van der Waals surface area contributed by atoms with Gasteiger partial charge in [-0.1, -0.05) is 15.9 Å². The second-order valence-electron chi connectivity index (χ2n) is 3.33. The first-order valence-corrected chi connectivity index (χ1v) is 7.89. The number of thiophene rings is 1. The highest BCUT2D eigenvalue weighted by atomic mass is 79.9. The van der Waals surface area contributed by atoms with Crippen LogP contribution in [0.2, 0.25) is 0 Å². The van der Waals surface area contributed by atoms with Crippen molar-refractivity contribution in [2.24, 2.45) is 0 Å². The van der Waals surface area contributed by atoms with Crippen molar-refractivity contribution in [1.82, 2.24) is 0 Å². The maximum Gasteiger partial charge on any atom is 0.137 e. The van der Waals surface area contributed by atoms with Gasteiger partial charge in [0.1, 0.15) is 11.6 Å². The van der Waals surface area contributed by atoms with E-state index in [1.165, 1.54) is 17.4 Å². The van der Waals surface area contributed by atoms with Crippen LogP contribution in [0.5, 0.6) is 0 Å². The van der Waals surface area contributed by atoms with Crippen LogP contribution in [-0.2, 0) is 0 Å². The Morgan fingerprint density at radius 1 is 1.06 bits per heavy atom. The van der Waals surface area contributed by atoms with Gasteiger partial charge in [-0.25, -0.2) is 8.78 Å². The lowest BCUT2D eigenvalue weighted by atomic mass is 10.1. The van der Waals surface area contributed by atoms with Crippen LogP contribution in [0.3, 0.4) is 0 Å². The van der Waals surface area contributed by atoms with Crippen LogP contribution in [0.1, 0.15) is 16.0 Å². The lowest BCUT2D eigenvalue weighted by molar-refractivity contribution is 0.583. The molecule has 0 aliphatic carbocycles. The molecule has 2 rings (SSSR count). The minimum absolute atomic E-state index is 0.130. The van der Waals surface area contributed by atoms with Gasteiger partial charge in [-0.05, 0) is 61.0 Å². The van der Waals surface area contributed by atoms with Crippen molar-refractivity contribution in [2.75, 3.05) is 0 Å². The number of halogens is 5. The van der Waals surface area contributed by atoms with E-state index in [1.54, 1.807) is 0 Å². The number of hydrogen-bond donors (Lipinski definition) is 0. The van der Waals surface area contributed by atoms with Gasteiger partial charge in [-0.3, -0.25) is 0 Å². The van der Waals surface area contributed by atoms with E-state index in [1.807, 2.05) is 11.4 Å². The van der Waals surface area contributed by atoms with Crippen LogP contribution in [0.25, 0.3) is 0 Å². The predicted molar refractivity (Wildman–Crippen MR) is 76.8 cm³/mol. The van der Waals surface area contributed by atoms with E-state index in [2.05, 4.69) is 47.8 Å². The molecular weight excluding hydrogens is 442 g/mol. The zero-order valence-corrected chi connectivity index (χ0v) is 13.8. The van der Waals surface area contributed by atoms with Crippen molar-refractivity contribution < 1.29 is 8.78 Å². The molecule has 0 aliphatic rings. The lowest BCUT2D eigenvalue weighted by Crippen LogP contribution is -1.97. The molecule has 0 fully saturated rings. The summed E-state index contributed by atoms with van der Waals surface area (Å²) in [6.45, 7) is 0. The van der Waals surface area contributed by atoms with E-state index >= 15 is 0 Å². The molecular formula is C11H5Br3F2S. The van der Waals surface area contributed by atoms with Gasteiger partial charge in [0.15, 0.2) is 0 Å². The van der Waals surface area contributed by atoms with Crippen molar-refractivity contribution >= 4 is 59.1 Å². The molecule has 0 saturated heterocycles. The third kappa shape index (κ3) is 2.97. The average Bonchev–Trinajstić information content (AvgIpc) is 2.69. The summed E-state index contributed by atoms with van der Waals surface area (Å²) in [4.78, 5) is -0.354. The Morgan fingerprint density at radius 2 is 1.76 bits per heavy atom. The van der Waals surface area contributed by atoms with Crippen molar-refractivity contribution in [1.29, 1.82) is 0 Å². The van der Waals surface area contributed by atoms with Crippen LogP contribution in [-0.4, -0.2) is 0 Å². The van der Waals surface area contributed by atoms with Crippen molar-refractivity contribution in [3.63, 3.8) is 0 Å². The molecule has 0 aliphatic heterocycles. The first-order chi connectivity index (χ1) is 7.99. The summed E-state index contributed by atoms with van der Waals surface area (Å²) in [6, 6.07) is 4.22. The highest BCUT2D eigenvalue weighted by molar-refractivity contribution is 9.11. The normalized spacial score (nSPS) is 12.8. The zero-order chi connectivity index (χ0) is 12.6. The molecule has 1 atom stereocenters. The molecule has 6 heteroatoms. The molecule has 0 bridgehead atoms. The van der Waals surface area contributed by atoms with Gasteiger partial charge >= 0.3 is 0 Å². The van der Waals surface area contributed by atoms with Gasteiger partial charge in [0.25, 0.3) is 0 Å². The Labute approximate surface area is 126 Å². The fraction of sp³-hybridized carbons (Fsp3) is 0.0909. The topological polar surface area (TPSA) is 0 Å². The second-order valence-corrected chi connectivity index (χ2v) is 7.40. The van der Waals surface area contributed by atoms with Gasteiger partial charge < -0.3 is 0 Å². The summed E-state index contributed by atoms with van der Waals surface area (Å²) in [5.74, 6) is -0.914. The third-order valence-electron chi connectivity index (χ3n) is 2.19. The van der Waals surface area contributed by atoms with Crippen molar-refractivity contribution in [3.8, 4) is 0 Å². The summed E-state index contributed by atoms with van der Waals surface area (Å²) in [7, 11) is 0. The Kier molecular flexibility index (Phi) is 4.39. The highest BCUT2D eigenvalue weighted by Crippen LogP contribution is 2.37. The van der Waals surface area contributed by atoms with Gasteiger partial charge in [-0.15, -0.1) is 11.3 Å². The minimum atomic E-state index is -0.472. The van der Waals surface area contributed by atoms with E-state index in [0.29, 0.717) is 0 Å². The summed E-state index contributed by atoms with van der Waals surface area (Å²) in [5.41, 5.74) is 1.18. The Hall–Kier alpha value is 0.220. The maximum absolute atomic E-state index is 13.7. The molecule has 0 radical (unpaired) electrons. The van der Waals surface area contributed by atoms with E-state index in [9.17, 15) is 8.78 Å². The summed E-state index contributed by atoms with van der Waals surface area (Å²) < 4.78 is 28.2. The maximum atomic E-state index is 13.7. The number of benzene rings is 1. The SMILES string of the molecule is Fc1cc(C(Br)c2csc(Br)c2)c(F)cc1Br. The van der Waals surface area contributed by atoms with Gasteiger partial charge in [0, 0.05) is 5.56 Å². The largest absolute Gasteiger partial charge is 0.207 e. The standard InChI is InChI=1S/C11H5Br3F2S/c12-7-3-8(15)6(2-9(7)16)11(14)5-1-10(13)17-4-5/h1-4,11H. The Bertz CT molecular complexity index is 554. The smallest absolute Gasteiger partial charge is 0.137 e. The number of alkyl halides is 1. The first kappa shape index (κ1) is 13.6. The molecule has 0 amide bonds. The van der Waals surface area contributed by atoms with E-state index in [4.69, 9.17) is 0 Å². The predicted octanol–water partition coefficient (Wildman–Crippen LogP) is 6.04. The zero-order valence-electron chi connectivity index (χ0n) is 8.18. The van der Waals surface area contributed by atoms with Crippen LogP contribution >= 0.6 is 59.1 Å². The Morgan fingerprint density at radius 3 is 2.35 bits per heavy atom. The van der Waals surface area contributed by atoms with Crippen LogP contribution in [0.4, 0.5) is 8.78 Å². The summed E-state index contributed by atoms with van der Waals surface area (Å²) >= 11 is 11.2. The molecule has 2 aromatic rings. The molecule has 0 saturated carbocycles. The number of rotatable bonds is 2. The monoisotopic (exact) mass is 444 g/mol. The molecule has 1 unspecified atom stereocenters. The fourth-order valence-corrected chi connectivity index (χ4v) is 3.68. The summed E-state index contributed by atoms with van der Waals surface area (Å²) in [6.07, 6.45) is 0. The van der Waals surface area contributed by atoms with E-state index < -0.39 is 11.6 Å². The second kappa shape index (κ2) is 5.47. The minimum Gasteiger partial charge on any atom is -0.207 e. The highest BCUT2D eigenvalue weighted by Gasteiger charge is 2.18. The number of hydrogen-bond acceptors (Lipinski definition) is 1. The Balaban J connectivity index is 2.43. The lowest BCUT2D eigenvalue weighted by Gasteiger charge is -2.10. The quantitative estimate of drug-likeness (QED) is 0.390. The molecule has 1 aromatic heterocycles. The van der Waals surface area contributed by atoms with E-state index in [0.717, 1.165) is 15.4 Å². The molecule has 1 aromatic carbocycles. The fourth-order valence-electron chi connectivity index (χ4n) is 1.37. The van der Waals surface area contributed by atoms with Crippen LogP contribution in [0.15, 0.2) is 31.8 Å². The molecule has 0 spiro atoms. The average molecular weight is 447 g/mol. The van der Waals surface area contributed by atoms with Gasteiger partial charge in [0.05, 0.1) is 13.1 Å². The molecule has 0 nitrogen and oxygen atoms in total. The van der Waals surface area contributed by atoms with E-state index in [-0.39, 0.29) is 14.9 Å². The van der Waals surface area contributed by atoms with Crippen LogP contribution < -0.4 is 0 Å². The molecule has 1 heterocycles. The van der Waals surface area contributed by atoms with Crippen LogP contribution in [0, 0.1) is 11.6 Å². The summed E-state index contributed by atoms with van der Waals surface area (Å²) in [5, 5.41) is 1.89. The molecule has 90 valence electrons. The third-order valence-corrected chi connectivity index (χ3v) is 5.35.